The molecule has 1 aromatic heterocycles. The van der Waals surface area contributed by atoms with Crippen molar-refractivity contribution in [1.82, 2.24) is 25.3 Å². The SMILES string of the molecule is CCNC(=NCCc1cnn(C)c1)N(C)CCC(NC(=O)OC(C)(C)C)C(C)C.I. The number of ether oxygens (including phenoxy) is 1. The van der Waals surface area contributed by atoms with Gasteiger partial charge >= 0.3 is 6.09 Å². The predicted octanol–water partition coefficient (Wildman–Crippen LogP) is 3.42. The molecule has 1 aromatic rings. The summed E-state index contributed by atoms with van der Waals surface area (Å²) in [5, 5.41) is 10.5. The highest BCUT2D eigenvalue weighted by molar-refractivity contribution is 14.0. The lowest BCUT2D eigenvalue weighted by Gasteiger charge is -2.28. The standard InChI is InChI=1S/C21H40N6O2.HI/c1-9-22-19(23-12-10-17-14-24-27(8)15-17)26(7)13-11-18(16(2)3)25-20(28)29-21(4,5)6;/h14-16,18H,9-13H2,1-8H3,(H,22,23)(H,25,28);1H. The first-order valence-corrected chi connectivity index (χ1v) is 10.5. The predicted molar refractivity (Wildman–Crippen MR) is 134 cm³/mol. The molecule has 174 valence electrons. The van der Waals surface area contributed by atoms with Gasteiger partial charge in [0.25, 0.3) is 0 Å². The van der Waals surface area contributed by atoms with Crippen LogP contribution >= 0.6 is 24.0 Å². The van der Waals surface area contributed by atoms with Crippen molar-refractivity contribution < 1.29 is 9.53 Å². The molecule has 1 unspecified atom stereocenters. The lowest BCUT2D eigenvalue weighted by molar-refractivity contribution is 0.0486. The van der Waals surface area contributed by atoms with Crippen LogP contribution in [-0.4, -0.2) is 65.1 Å². The van der Waals surface area contributed by atoms with Crippen LogP contribution in [-0.2, 0) is 18.2 Å². The Bertz CT molecular complexity index is 654. The number of hydrogen-bond donors (Lipinski definition) is 2. The maximum absolute atomic E-state index is 12.1. The first-order chi connectivity index (χ1) is 13.5. The summed E-state index contributed by atoms with van der Waals surface area (Å²) in [6, 6.07) is 0.0329. The molecule has 0 fully saturated rings. The summed E-state index contributed by atoms with van der Waals surface area (Å²) in [6.45, 7) is 14.2. The third kappa shape index (κ3) is 11.6. The summed E-state index contributed by atoms with van der Waals surface area (Å²) < 4.78 is 7.21. The van der Waals surface area contributed by atoms with E-state index < -0.39 is 5.60 Å². The third-order valence-corrected chi connectivity index (χ3v) is 4.40. The van der Waals surface area contributed by atoms with Gasteiger partial charge in [0, 0.05) is 46.0 Å². The number of amides is 1. The molecule has 0 aliphatic carbocycles. The number of alkyl carbamates (subject to hydrolysis) is 1. The lowest BCUT2D eigenvalue weighted by atomic mass is 10.0. The summed E-state index contributed by atoms with van der Waals surface area (Å²) in [5.41, 5.74) is 0.679. The molecule has 0 aliphatic rings. The lowest BCUT2D eigenvalue weighted by Crippen LogP contribution is -2.45. The molecule has 0 aliphatic heterocycles. The summed E-state index contributed by atoms with van der Waals surface area (Å²) in [5.74, 6) is 1.18. The average molecular weight is 537 g/mol. The second-order valence-electron chi connectivity index (χ2n) is 8.71. The van der Waals surface area contributed by atoms with E-state index in [1.807, 2.05) is 47.3 Å². The van der Waals surface area contributed by atoms with Crippen LogP contribution in [0.3, 0.4) is 0 Å². The summed E-state index contributed by atoms with van der Waals surface area (Å²) in [7, 11) is 3.94. The second kappa shape index (κ2) is 13.7. The van der Waals surface area contributed by atoms with Crippen LogP contribution < -0.4 is 10.6 Å². The van der Waals surface area contributed by atoms with E-state index >= 15 is 0 Å². The molecule has 0 bridgehead atoms. The van der Waals surface area contributed by atoms with Crippen LogP contribution in [0, 0.1) is 5.92 Å². The molecule has 2 N–H and O–H groups in total. The number of aryl methyl sites for hydroxylation is 1. The van der Waals surface area contributed by atoms with Crippen LogP contribution in [0.2, 0.25) is 0 Å². The number of halogens is 1. The molecule has 9 heteroatoms. The largest absolute Gasteiger partial charge is 0.444 e. The number of carbonyl (C=O) groups excluding carboxylic acids is 1. The first-order valence-electron chi connectivity index (χ1n) is 10.5. The zero-order chi connectivity index (χ0) is 22.0. The van der Waals surface area contributed by atoms with Gasteiger partial charge in [-0.15, -0.1) is 24.0 Å². The smallest absolute Gasteiger partial charge is 0.407 e. The van der Waals surface area contributed by atoms with Crippen molar-refractivity contribution in [2.45, 2.75) is 66.0 Å². The minimum absolute atomic E-state index is 0. The first kappa shape index (κ1) is 28.5. The van der Waals surface area contributed by atoms with E-state index in [2.05, 4.69) is 41.4 Å². The van der Waals surface area contributed by atoms with Gasteiger partial charge in [0.05, 0.1) is 6.20 Å². The van der Waals surface area contributed by atoms with Crippen LogP contribution in [0.1, 0.15) is 53.5 Å². The molecular weight excluding hydrogens is 495 g/mol. The number of aromatic nitrogens is 2. The fourth-order valence-corrected chi connectivity index (χ4v) is 2.83. The molecule has 1 atom stereocenters. The number of hydrogen-bond acceptors (Lipinski definition) is 4. The van der Waals surface area contributed by atoms with Gasteiger partial charge in [0.15, 0.2) is 5.96 Å². The van der Waals surface area contributed by atoms with E-state index in [0.717, 1.165) is 31.9 Å². The minimum atomic E-state index is -0.498. The number of guanidine groups is 1. The van der Waals surface area contributed by atoms with Gasteiger partial charge in [-0.05, 0) is 52.0 Å². The van der Waals surface area contributed by atoms with Crippen LogP contribution in [0.15, 0.2) is 17.4 Å². The molecule has 0 saturated carbocycles. The molecule has 1 amide bonds. The van der Waals surface area contributed by atoms with Gasteiger partial charge in [-0.1, -0.05) is 13.8 Å². The Kier molecular flexibility index (Phi) is 13.0. The fourth-order valence-electron chi connectivity index (χ4n) is 2.83. The van der Waals surface area contributed by atoms with Gasteiger partial charge in [-0.3, -0.25) is 9.67 Å². The number of aliphatic imine (C=N–C) groups is 1. The Morgan fingerprint density at radius 1 is 1.37 bits per heavy atom. The summed E-state index contributed by atoms with van der Waals surface area (Å²) in [4.78, 5) is 19.0. The summed E-state index contributed by atoms with van der Waals surface area (Å²) in [6.07, 6.45) is 5.19. The highest BCUT2D eigenvalue weighted by Gasteiger charge is 2.22. The molecule has 0 radical (unpaired) electrons. The van der Waals surface area contributed by atoms with Gasteiger partial charge in [-0.25, -0.2) is 4.79 Å². The fraction of sp³-hybridized carbons (Fsp3) is 0.762. The molecule has 8 nitrogen and oxygen atoms in total. The van der Waals surface area contributed by atoms with Crippen LogP contribution in [0.5, 0.6) is 0 Å². The Morgan fingerprint density at radius 2 is 2.03 bits per heavy atom. The zero-order valence-electron chi connectivity index (χ0n) is 19.9. The maximum Gasteiger partial charge on any atom is 0.407 e. The van der Waals surface area contributed by atoms with E-state index in [-0.39, 0.29) is 36.1 Å². The summed E-state index contributed by atoms with van der Waals surface area (Å²) >= 11 is 0. The van der Waals surface area contributed by atoms with Crippen molar-refractivity contribution >= 4 is 36.0 Å². The quantitative estimate of drug-likeness (QED) is 0.287. The number of carbonyl (C=O) groups is 1. The molecule has 1 heterocycles. The molecule has 0 aromatic carbocycles. The van der Waals surface area contributed by atoms with E-state index in [1.165, 1.54) is 5.56 Å². The molecule has 1 rings (SSSR count). The van der Waals surface area contributed by atoms with Crippen molar-refractivity contribution in [2.75, 3.05) is 26.7 Å². The normalized spacial score (nSPS) is 12.9. The highest BCUT2D eigenvalue weighted by Crippen LogP contribution is 2.11. The van der Waals surface area contributed by atoms with Crippen molar-refractivity contribution in [2.24, 2.45) is 18.0 Å². The van der Waals surface area contributed by atoms with Crippen molar-refractivity contribution in [1.29, 1.82) is 0 Å². The average Bonchev–Trinajstić information content (AvgIpc) is 3.01. The highest BCUT2D eigenvalue weighted by atomic mass is 127. The molecule has 0 saturated heterocycles. The van der Waals surface area contributed by atoms with Crippen molar-refractivity contribution in [3.05, 3.63) is 18.0 Å². The van der Waals surface area contributed by atoms with E-state index in [1.54, 1.807) is 4.68 Å². The topological polar surface area (TPSA) is 83.8 Å². The Hall–Kier alpha value is -1.52. The molecule has 30 heavy (non-hydrogen) atoms. The Balaban J connectivity index is 0.00000841. The van der Waals surface area contributed by atoms with Gasteiger partial charge in [0.1, 0.15) is 5.60 Å². The van der Waals surface area contributed by atoms with Gasteiger partial charge in [-0.2, -0.15) is 5.10 Å². The van der Waals surface area contributed by atoms with Crippen LogP contribution in [0.4, 0.5) is 4.79 Å². The zero-order valence-corrected chi connectivity index (χ0v) is 22.2. The third-order valence-electron chi connectivity index (χ3n) is 4.40. The van der Waals surface area contributed by atoms with E-state index in [0.29, 0.717) is 12.5 Å². The van der Waals surface area contributed by atoms with E-state index in [9.17, 15) is 4.79 Å². The Labute approximate surface area is 199 Å². The maximum atomic E-state index is 12.1. The van der Waals surface area contributed by atoms with Crippen molar-refractivity contribution in [3.63, 3.8) is 0 Å². The van der Waals surface area contributed by atoms with Gasteiger partial charge < -0.3 is 20.3 Å². The number of rotatable bonds is 9. The number of nitrogens with one attached hydrogen (secondary N) is 2. The second-order valence-corrected chi connectivity index (χ2v) is 8.71. The van der Waals surface area contributed by atoms with Crippen molar-refractivity contribution in [3.8, 4) is 0 Å². The van der Waals surface area contributed by atoms with Gasteiger partial charge in [0.2, 0.25) is 0 Å². The number of nitrogens with zero attached hydrogens (tertiary/aromatic N) is 4. The van der Waals surface area contributed by atoms with Crippen LogP contribution in [0.25, 0.3) is 0 Å². The van der Waals surface area contributed by atoms with E-state index in [4.69, 9.17) is 9.73 Å². The minimum Gasteiger partial charge on any atom is -0.444 e. The Morgan fingerprint density at radius 3 is 2.53 bits per heavy atom. The molecule has 0 spiro atoms. The molecular formula is C21H41IN6O2. The monoisotopic (exact) mass is 536 g/mol.